The molecule has 0 spiro atoms. The number of aryl methyl sites for hydroxylation is 1. The summed E-state index contributed by atoms with van der Waals surface area (Å²) in [5.74, 6) is 0.251. The predicted molar refractivity (Wildman–Crippen MR) is 112 cm³/mol. The third-order valence-corrected chi connectivity index (χ3v) is 5.37. The van der Waals surface area contributed by atoms with E-state index in [1.54, 1.807) is 11.1 Å². The van der Waals surface area contributed by atoms with Crippen LogP contribution in [0, 0.1) is 24.2 Å². The first-order valence-electron chi connectivity index (χ1n) is 9.85. The Labute approximate surface area is 169 Å². The highest BCUT2D eigenvalue weighted by Gasteiger charge is 2.28. The van der Waals surface area contributed by atoms with Gasteiger partial charge >= 0.3 is 0 Å². The van der Waals surface area contributed by atoms with E-state index in [9.17, 15) is 4.79 Å². The third kappa shape index (κ3) is 3.92. The molecule has 3 aromatic heterocycles. The molecule has 1 saturated heterocycles. The SMILES string of the molecule is Cc1ccnc(-c2cnc3[nH]ccc3c2N[C@@H]2C[C@H](C)CN(C(=O)CC#N)C2)c1. The Bertz CT molecular complexity index is 1080. The molecule has 1 fully saturated rings. The van der Waals surface area contributed by atoms with E-state index in [-0.39, 0.29) is 18.4 Å². The van der Waals surface area contributed by atoms with Gasteiger partial charge in [0.05, 0.1) is 17.5 Å². The molecule has 148 valence electrons. The minimum atomic E-state index is -0.104. The molecule has 1 aliphatic rings. The van der Waals surface area contributed by atoms with Crippen molar-refractivity contribution in [2.75, 3.05) is 18.4 Å². The first-order valence-corrected chi connectivity index (χ1v) is 9.85. The number of rotatable bonds is 4. The molecule has 2 N–H and O–H groups in total. The Balaban J connectivity index is 1.70. The second-order valence-electron chi connectivity index (χ2n) is 7.82. The van der Waals surface area contributed by atoms with Crippen LogP contribution in [0.5, 0.6) is 0 Å². The first kappa shape index (κ1) is 18.9. The van der Waals surface area contributed by atoms with Gasteiger partial charge in [-0.15, -0.1) is 0 Å². The Kier molecular flexibility index (Phi) is 5.17. The summed E-state index contributed by atoms with van der Waals surface area (Å²) in [6.45, 7) is 5.46. The van der Waals surface area contributed by atoms with Crippen LogP contribution in [0.3, 0.4) is 0 Å². The standard InChI is InChI=1S/C22H24N6O/c1-14-4-7-24-19(10-14)18-11-26-22-17(5-8-25-22)21(18)27-16-9-15(2)12-28(13-16)20(29)3-6-23/h4-5,7-8,10-11,15-16H,3,9,12-13H2,1-2H3,(H2,25,26,27)/t15-,16+/m0/s1. The number of hydrogen-bond donors (Lipinski definition) is 2. The number of aromatic amines is 1. The predicted octanol–water partition coefficient (Wildman–Crippen LogP) is 3.50. The summed E-state index contributed by atoms with van der Waals surface area (Å²) in [5, 5.41) is 13.6. The minimum Gasteiger partial charge on any atom is -0.379 e. The van der Waals surface area contributed by atoms with Gasteiger partial charge < -0.3 is 15.2 Å². The highest BCUT2D eigenvalue weighted by molar-refractivity contribution is 5.97. The maximum atomic E-state index is 12.3. The van der Waals surface area contributed by atoms with E-state index in [0.717, 1.165) is 40.0 Å². The monoisotopic (exact) mass is 388 g/mol. The van der Waals surface area contributed by atoms with Crippen molar-refractivity contribution in [3.8, 4) is 17.3 Å². The number of hydrogen-bond acceptors (Lipinski definition) is 5. The lowest BCUT2D eigenvalue weighted by atomic mass is 9.94. The molecule has 0 unspecified atom stereocenters. The van der Waals surface area contributed by atoms with E-state index in [1.807, 2.05) is 43.6 Å². The van der Waals surface area contributed by atoms with Crippen molar-refractivity contribution in [2.24, 2.45) is 5.92 Å². The van der Waals surface area contributed by atoms with Gasteiger partial charge in [-0.25, -0.2) is 4.98 Å². The van der Waals surface area contributed by atoms with Crippen molar-refractivity contribution >= 4 is 22.6 Å². The zero-order valence-corrected chi connectivity index (χ0v) is 16.6. The number of nitrogens with zero attached hydrogens (tertiary/aromatic N) is 4. The molecule has 1 aliphatic heterocycles. The Morgan fingerprint density at radius 1 is 1.38 bits per heavy atom. The van der Waals surface area contributed by atoms with Crippen molar-refractivity contribution in [2.45, 2.75) is 32.7 Å². The highest BCUT2D eigenvalue weighted by atomic mass is 16.2. The average Bonchev–Trinajstić information content (AvgIpc) is 3.17. The molecule has 3 aromatic rings. The molecule has 29 heavy (non-hydrogen) atoms. The number of anilines is 1. The Morgan fingerprint density at radius 2 is 2.24 bits per heavy atom. The molecule has 2 atom stereocenters. The fraction of sp³-hybridized carbons (Fsp3) is 0.364. The van der Waals surface area contributed by atoms with Gasteiger partial charge in [0.2, 0.25) is 5.91 Å². The van der Waals surface area contributed by atoms with E-state index in [1.165, 1.54) is 0 Å². The van der Waals surface area contributed by atoms with E-state index in [4.69, 9.17) is 5.26 Å². The van der Waals surface area contributed by atoms with E-state index < -0.39 is 0 Å². The molecule has 0 aliphatic carbocycles. The van der Waals surface area contributed by atoms with E-state index in [2.05, 4.69) is 27.2 Å². The lowest BCUT2D eigenvalue weighted by Crippen LogP contribution is -2.48. The number of fused-ring (bicyclic) bond motifs is 1. The Hall–Kier alpha value is -3.40. The molecule has 4 rings (SSSR count). The van der Waals surface area contributed by atoms with Crippen LogP contribution in [0.25, 0.3) is 22.3 Å². The topological polar surface area (TPSA) is 97.7 Å². The zero-order chi connectivity index (χ0) is 20.4. The summed E-state index contributed by atoms with van der Waals surface area (Å²) in [5.41, 5.74) is 4.72. The maximum Gasteiger partial charge on any atom is 0.236 e. The summed E-state index contributed by atoms with van der Waals surface area (Å²) >= 11 is 0. The number of pyridine rings is 2. The number of H-pyrrole nitrogens is 1. The quantitative estimate of drug-likeness (QED) is 0.713. The average molecular weight is 388 g/mol. The van der Waals surface area contributed by atoms with Crippen molar-refractivity contribution < 1.29 is 4.79 Å². The summed E-state index contributed by atoms with van der Waals surface area (Å²) in [4.78, 5) is 26.4. The normalized spacial score (nSPS) is 19.1. The number of amides is 1. The lowest BCUT2D eigenvalue weighted by Gasteiger charge is -2.37. The second kappa shape index (κ2) is 7.92. The highest BCUT2D eigenvalue weighted by Crippen LogP contribution is 2.34. The van der Waals surface area contributed by atoms with Crippen LogP contribution in [-0.2, 0) is 4.79 Å². The molecular formula is C22H24N6O. The van der Waals surface area contributed by atoms with Crippen molar-refractivity contribution in [1.29, 1.82) is 5.26 Å². The number of piperidine rings is 1. The van der Waals surface area contributed by atoms with Gasteiger partial charge in [0.1, 0.15) is 12.1 Å². The van der Waals surface area contributed by atoms with Gasteiger partial charge in [-0.3, -0.25) is 9.78 Å². The zero-order valence-electron chi connectivity index (χ0n) is 16.6. The molecule has 0 aromatic carbocycles. The molecule has 7 nitrogen and oxygen atoms in total. The number of likely N-dealkylation sites (tertiary alicyclic amines) is 1. The van der Waals surface area contributed by atoms with Crippen LogP contribution in [0.15, 0.2) is 36.8 Å². The molecule has 0 bridgehead atoms. The van der Waals surface area contributed by atoms with Gasteiger partial charge in [-0.05, 0) is 43.0 Å². The summed E-state index contributed by atoms with van der Waals surface area (Å²) < 4.78 is 0. The summed E-state index contributed by atoms with van der Waals surface area (Å²) in [6, 6.07) is 8.09. The second-order valence-corrected chi connectivity index (χ2v) is 7.82. The van der Waals surface area contributed by atoms with Crippen LogP contribution in [0.2, 0.25) is 0 Å². The smallest absolute Gasteiger partial charge is 0.236 e. The van der Waals surface area contributed by atoms with Gasteiger partial charge in [0.15, 0.2) is 0 Å². The number of aromatic nitrogens is 3. The van der Waals surface area contributed by atoms with Gasteiger partial charge in [0.25, 0.3) is 0 Å². The van der Waals surface area contributed by atoms with Crippen LogP contribution < -0.4 is 5.32 Å². The van der Waals surface area contributed by atoms with Crippen molar-refractivity contribution in [3.05, 3.63) is 42.4 Å². The molecule has 4 heterocycles. The fourth-order valence-electron chi connectivity index (χ4n) is 4.08. The fourth-order valence-corrected chi connectivity index (χ4v) is 4.08. The van der Waals surface area contributed by atoms with Crippen molar-refractivity contribution in [3.63, 3.8) is 0 Å². The summed E-state index contributed by atoms with van der Waals surface area (Å²) in [7, 11) is 0. The van der Waals surface area contributed by atoms with Gasteiger partial charge in [-0.2, -0.15) is 5.26 Å². The molecular weight excluding hydrogens is 364 g/mol. The van der Waals surface area contributed by atoms with Gasteiger partial charge in [-0.1, -0.05) is 6.92 Å². The number of nitriles is 1. The van der Waals surface area contributed by atoms with Crippen LogP contribution >= 0.6 is 0 Å². The first-order chi connectivity index (χ1) is 14.0. The number of carbonyl (C=O) groups is 1. The van der Waals surface area contributed by atoms with E-state index in [0.29, 0.717) is 19.0 Å². The molecule has 0 radical (unpaired) electrons. The number of nitrogens with one attached hydrogen (secondary N) is 2. The molecule has 7 heteroatoms. The lowest BCUT2D eigenvalue weighted by molar-refractivity contribution is -0.132. The van der Waals surface area contributed by atoms with E-state index >= 15 is 0 Å². The van der Waals surface area contributed by atoms with Crippen LogP contribution in [0.4, 0.5) is 5.69 Å². The van der Waals surface area contributed by atoms with Crippen LogP contribution in [-0.4, -0.2) is 44.9 Å². The van der Waals surface area contributed by atoms with Crippen molar-refractivity contribution in [1.82, 2.24) is 19.9 Å². The number of carbonyl (C=O) groups excluding carboxylic acids is 1. The maximum absolute atomic E-state index is 12.3. The minimum absolute atomic E-state index is 0.0742. The molecule has 0 saturated carbocycles. The largest absolute Gasteiger partial charge is 0.379 e. The van der Waals surface area contributed by atoms with Crippen LogP contribution in [0.1, 0.15) is 25.3 Å². The Morgan fingerprint density at radius 3 is 3.03 bits per heavy atom. The molecule has 1 amide bonds. The third-order valence-electron chi connectivity index (χ3n) is 5.37. The summed E-state index contributed by atoms with van der Waals surface area (Å²) in [6.07, 6.45) is 6.40. The van der Waals surface area contributed by atoms with Gasteiger partial charge in [0, 0.05) is 48.7 Å².